The molecule has 0 fully saturated rings. The number of benzene rings is 3. The number of amides is 1. The normalized spacial score (nSPS) is 10.2. The zero-order valence-corrected chi connectivity index (χ0v) is 14.8. The molecule has 0 saturated carbocycles. The zero-order valence-electron chi connectivity index (χ0n) is 14.0. The van der Waals surface area contributed by atoms with Crippen LogP contribution in [0, 0.1) is 0 Å². The van der Waals surface area contributed by atoms with E-state index in [4.69, 9.17) is 21.1 Å². The van der Waals surface area contributed by atoms with Crippen LogP contribution in [0.25, 0.3) is 0 Å². The summed E-state index contributed by atoms with van der Waals surface area (Å²) in [5.41, 5.74) is 1.15. The number of ether oxygens (including phenoxy) is 2. The highest BCUT2D eigenvalue weighted by atomic mass is 35.5. The second-order valence-corrected chi connectivity index (χ2v) is 5.94. The van der Waals surface area contributed by atoms with E-state index < -0.39 is 0 Å². The molecule has 0 saturated heterocycles. The number of halogens is 1. The Balaban J connectivity index is 1.52. The van der Waals surface area contributed by atoms with Crippen molar-refractivity contribution in [3.8, 4) is 11.5 Å². The molecule has 5 heteroatoms. The highest BCUT2D eigenvalue weighted by molar-refractivity contribution is 6.31. The lowest BCUT2D eigenvalue weighted by Crippen LogP contribution is -2.12. The average molecular weight is 368 g/mol. The second kappa shape index (κ2) is 8.92. The van der Waals surface area contributed by atoms with Crippen LogP contribution in [0.2, 0.25) is 5.02 Å². The van der Waals surface area contributed by atoms with E-state index in [1.165, 1.54) is 0 Å². The Kier molecular flexibility index (Phi) is 6.12. The summed E-state index contributed by atoms with van der Waals surface area (Å²) in [6.45, 7) is 0.837. The average Bonchev–Trinajstić information content (AvgIpc) is 2.66. The lowest BCUT2D eigenvalue weighted by atomic mass is 10.2. The van der Waals surface area contributed by atoms with Gasteiger partial charge in [0.25, 0.3) is 5.91 Å². The first-order chi connectivity index (χ1) is 12.7. The summed E-state index contributed by atoms with van der Waals surface area (Å²) in [6, 6.07) is 23.6. The van der Waals surface area contributed by atoms with Crippen LogP contribution in [0.1, 0.15) is 10.4 Å². The third-order valence-corrected chi connectivity index (χ3v) is 3.78. The van der Waals surface area contributed by atoms with Gasteiger partial charge in [0.1, 0.15) is 24.7 Å². The number of carbonyl (C=O) groups is 1. The molecule has 4 nitrogen and oxygen atoms in total. The molecule has 3 aromatic carbocycles. The maximum Gasteiger partial charge on any atom is 0.255 e. The van der Waals surface area contributed by atoms with E-state index in [0.717, 1.165) is 5.75 Å². The minimum atomic E-state index is -0.225. The molecule has 0 radical (unpaired) electrons. The van der Waals surface area contributed by atoms with E-state index in [-0.39, 0.29) is 5.91 Å². The highest BCUT2D eigenvalue weighted by Crippen LogP contribution is 2.19. The fourth-order valence-electron chi connectivity index (χ4n) is 2.33. The Labute approximate surface area is 157 Å². The molecular weight excluding hydrogens is 350 g/mol. The van der Waals surface area contributed by atoms with Crippen LogP contribution in [-0.2, 0) is 0 Å². The molecule has 3 aromatic rings. The van der Waals surface area contributed by atoms with Gasteiger partial charge in [-0.15, -0.1) is 0 Å². The van der Waals surface area contributed by atoms with Gasteiger partial charge in [-0.25, -0.2) is 0 Å². The quantitative estimate of drug-likeness (QED) is 0.594. The standard InChI is InChI=1S/C21H18ClNO3/c22-17-7-4-6-16(14-17)21(24)23-18-8-5-11-20(15-18)26-13-12-25-19-9-2-1-3-10-19/h1-11,14-15H,12-13H2,(H,23,24). The Hall–Kier alpha value is -2.98. The van der Waals surface area contributed by atoms with Crippen molar-refractivity contribution in [3.63, 3.8) is 0 Å². The molecular formula is C21H18ClNO3. The Morgan fingerprint density at radius 3 is 2.27 bits per heavy atom. The minimum Gasteiger partial charge on any atom is -0.490 e. The first kappa shape index (κ1) is 17.8. The van der Waals surface area contributed by atoms with Crippen LogP contribution in [0.5, 0.6) is 11.5 Å². The monoisotopic (exact) mass is 367 g/mol. The molecule has 0 aliphatic carbocycles. The van der Waals surface area contributed by atoms with Crippen LogP contribution in [0.3, 0.4) is 0 Å². The molecule has 0 aliphatic heterocycles. The number of anilines is 1. The van der Waals surface area contributed by atoms with Gasteiger partial charge in [0, 0.05) is 22.3 Å². The van der Waals surface area contributed by atoms with E-state index in [9.17, 15) is 4.79 Å². The van der Waals surface area contributed by atoms with Gasteiger partial charge in [-0.2, -0.15) is 0 Å². The predicted molar refractivity (Wildman–Crippen MR) is 103 cm³/mol. The van der Waals surface area contributed by atoms with Gasteiger partial charge in [-0.3, -0.25) is 4.79 Å². The molecule has 1 amide bonds. The van der Waals surface area contributed by atoms with Gasteiger partial charge in [0.15, 0.2) is 0 Å². The summed E-state index contributed by atoms with van der Waals surface area (Å²) in [7, 11) is 0. The first-order valence-corrected chi connectivity index (χ1v) is 8.56. The summed E-state index contributed by atoms with van der Waals surface area (Å²) >= 11 is 5.92. The second-order valence-electron chi connectivity index (χ2n) is 5.50. The summed E-state index contributed by atoms with van der Waals surface area (Å²) in [4.78, 5) is 12.3. The van der Waals surface area contributed by atoms with Crippen LogP contribution in [-0.4, -0.2) is 19.1 Å². The maximum atomic E-state index is 12.3. The van der Waals surface area contributed by atoms with Crippen molar-refractivity contribution in [2.45, 2.75) is 0 Å². The molecule has 0 heterocycles. The van der Waals surface area contributed by atoms with Crippen molar-refractivity contribution < 1.29 is 14.3 Å². The van der Waals surface area contributed by atoms with Crippen LogP contribution in [0.15, 0.2) is 78.9 Å². The lowest BCUT2D eigenvalue weighted by Gasteiger charge is -2.10. The number of para-hydroxylation sites is 1. The molecule has 0 aromatic heterocycles. The van der Waals surface area contributed by atoms with Crippen molar-refractivity contribution in [1.29, 1.82) is 0 Å². The van der Waals surface area contributed by atoms with Gasteiger partial charge in [-0.1, -0.05) is 41.9 Å². The predicted octanol–water partition coefficient (Wildman–Crippen LogP) is 5.05. The molecule has 3 rings (SSSR count). The number of carbonyl (C=O) groups excluding carboxylic acids is 1. The molecule has 132 valence electrons. The first-order valence-electron chi connectivity index (χ1n) is 8.18. The van der Waals surface area contributed by atoms with Gasteiger partial charge < -0.3 is 14.8 Å². The van der Waals surface area contributed by atoms with Gasteiger partial charge in [0.2, 0.25) is 0 Å². The summed E-state index contributed by atoms with van der Waals surface area (Å²) < 4.78 is 11.3. The van der Waals surface area contributed by atoms with Crippen LogP contribution < -0.4 is 14.8 Å². The fraction of sp³-hybridized carbons (Fsp3) is 0.0952. The van der Waals surface area contributed by atoms with Crippen molar-refractivity contribution >= 4 is 23.2 Å². The topological polar surface area (TPSA) is 47.6 Å². The van der Waals surface area contributed by atoms with Crippen LogP contribution in [0.4, 0.5) is 5.69 Å². The molecule has 0 atom stereocenters. The number of hydrogen-bond acceptors (Lipinski definition) is 3. The zero-order chi connectivity index (χ0) is 18.2. The van der Waals surface area contributed by atoms with E-state index in [2.05, 4.69) is 5.32 Å². The largest absolute Gasteiger partial charge is 0.490 e. The highest BCUT2D eigenvalue weighted by Gasteiger charge is 2.07. The molecule has 0 bridgehead atoms. The summed E-state index contributed by atoms with van der Waals surface area (Å²) in [6.07, 6.45) is 0. The number of rotatable bonds is 7. The molecule has 0 unspecified atom stereocenters. The SMILES string of the molecule is O=C(Nc1cccc(OCCOc2ccccc2)c1)c1cccc(Cl)c1. The smallest absolute Gasteiger partial charge is 0.255 e. The van der Waals surface area contributed by atoms with E-state index >= 15 is 0 Å². The third-order valence-electron chi connectivity index (χ3n) is 3.54. The van der Waals surface area contributed by atoms with Gasteiger partial charge >= 0.3 is 0 Å². The summed E-state index contributed by atoms with van der Waals surface area (Å²) in [5, 5.41) is 3.35. The Morgan fingerprint density at radius 1 is 0.808 bits per heavy atom. The van der Waals surface area contributed by atoms with Crippen molar-refractivity contribution in [1.82, 2.24) is 0 Å². The molecule has 0 spiro atoms. The number of hydrogen-bond donors (Lipinski definition) is 1. The molecule has 26 heavy (non-hydrogen) atoms. The van der Waals surface area contributed by atoms with Gasteiger partial charge in [-0.05, 0) is 42.5 Å². The van der Waals surface area contributed by atoms with Crippen LogP contribution >= 0.6 is 11.6 Å². The molecule has 0 aliphatic rings. The summed E-state index contributed by atoms with van der Waals surface area (Å²) in [5.74, 6) is 1.24. The van der Waals surface area contributed by atoms with E-state index in [1.807, 2.05) is 42.5 Å². The fourth-order valence-corrected chi connectivity index (χ4v) is 2.52. The number of nitrogens with one attached hydrogen (secondary N) is 1. The van der Waals surface area contributed by atoms with E-state index in [1.54, 1.807) is 36.4 Å². The van der Waals surface area contributed by atoms with Gasteiger partial charge in [0.05, 0.1) is 0 Å². The maximum absolute atomic E-state index is 12.3. The van der Waals surface area contributed by atoms with Crippen molar-refractivity contribution in [2.24, 2.45) is 0 Å². The lowest BCUT2D eigenvalue weighted by molar-refractivity contribution is 0.102. The third kappa shape index (κ3) is 5.26. The molecule has 1 N–H and O–H groups in total. The Bertz CT molecular complexity index is 868. The minimum absolute atomic E-state index is 0.225. The van der Waals surface area contributed by atoms with Crippen molar-refractivity contribution in [2.75, 3.05) is 18.5 Å². The Morgan fingerprint density at radius 2 is 1.50 bits per heavy atom. The van der Waals surface area contributed by atoms with Crippen molar-refractivity contribution in [3.05, 3.63) is 89.4 Å². The van der Waals surface area contributed by atoms with E-state index in [0.29, 0.717) is 35.2 Å².